The highest BCUT2D eigenvalue weighted by Crippen LogP contribution is 2.07. The molecule has 132 valence electrons. The van der Waals surface area contributed by atoms with Crippen molar-refractivity contribution in [2.75, 3.05) is 27.2 Å². The molecule has 0 saturated heterocycles. The van der Waals surface area contributed by atoms with Gasteiger partial charge in [0, 0.05) is 26.7 Å². The molecule has 4 nitrogen and oxygen atoms in total. The number of hydrogen-bond acceptors (Lipinski definition) is 2. The maximum Gasteiger partial charge on any atom is 0.191 e. The van der Waals surface area contributed by atoms with E-state index in [1.807, 2.05) is 7.05 Å². The first kappa shape index (κ1) is 22.2. The standard InChI is InChI=1S/C18H32N4.HI/c1-6-22(5)14-17-9-7-8-16(12-17)13-21-18(19-4)20-11-10-15(2)3;/h7-9,12,15H,6,10-11,13-14H2,1-5H3,(H2,19,20,21);1H. The number of rotatable bonds is 8. The van der Waals surface area contributed by atoms with E-state index in [4.69, 9.17) is 0 Å². The third-order valence-corrected chi connectivity index (χ3v) is 3.68. The molecule has 1 aromatic carbocycles. The largest absolute Gasteiger partial charge is 0.356 e. The third kappa shape index (κ3) is 9.81. The van der Waals surface area contributed by atoms with E-state index in [2.05, 4.69) is 72.6 Å². The second-order valence-electron chi connectivity index (χ2n) is 6.19. The van der Waals surface area contributed by atoms with Crippen molar-refractivity contribution in [2.45, 2.75) is 40.3 Å². The van der Waals surface area contributed by atoms with E-state index in [9.17, 15) is 0 Å². The van der Waals surface area contributed by atoms with Crippen LogP contribution in [-0.2, 0) is 13.1 Å². The Morgan fingerprint density at radius 3 is 2.52 bits per heavy atom. The highest BCUT2D eigenvalue weighted by molar-refractivity contribution is 14.0. The molecule has 0 spiro atoms. The maximum atomic E-state index is 4.27. The zero-order chi connectivity index (χ0) is 16.4. The van der Waals surface area contributed by atoms with Gasteiger partial charge in [-0.15, -0.1) is 24.0 Å². The van der Waals surface area contributed by atoms with Crippen molar-refractivity contribution in [3.8, 4) is 0 Å². The lowest BCUT2D eigenvalue weighted by Crippen LogP contribution is -2.37. The molecule has 0 bridgehead atoms. The summed E-state index contributed by atoms with van der Waals surface area (Å²) in [6, 6.07) is 8.74. The second-order valence-corrected chi connectivity index (χ2v) is 6.19. The normalized spacial score (nSPS) is 11.5. The molecular weight excluding hydrogens is 399 g/mol. The molecule has 0 atom stereocenters. The predicted molar refractivity (Wildman–Crippen MR) is 112 cm³/mol. The number of aliphatic imine (C=N–C) groups is 1. The predicted octanol–water partition coefficient (Wildman–Crippen LogP) is 3.47. The smallest absolute Gasteiger partial charge is 0.191 e. The fraction of sp³-hybridized carbons (Fsp3) is 0.611. The van der Waals surface area contributed by atoms with Gasteiger partial charge in [-0.2, -0.15) is 0 Å². The molecule has 0 saturated carbocycles. The van der Waals surface area contributed by atoms with Crippen molar-refractivity contribution in [3.63, 3.8) is 0 Å². The molecule has 2 N–H and O–H groups in total. The van der Waals surface area contributed by atoms with Crippen LogP contribution in [-0.4, -0.2) is 38.0 Å². The maximum absolute atomic E-state index is 4.27. The Kier molecular flexibility index (Phi) is 12.1. The van der Waals surface area contributed by atoms with Gasteiger partial charge in [-0.05, 0) is 37.1 Å². The summed E-state index contributed by atoms with van der Waals surface area (Å²) in [4.78, 5) is 6.57. The van der Waals surface area contributed by atoms with Crippen LogP contribution in [0.4, 0.5) is 0 Å². The summed E-state index contributed by atoms with van der Waals surface area (Å²) >= 11 is 0. The number of guanidine groups is 1. The second kappa shape index (κ2) is 12.6. The molecule has 0 fully saturated rings. The van der Waals surface area contributed by atoms with Crippen LogP contribution in [0.15, 0.2) is 29.3 Å². The number of hydrogen-bond donors (Lipinski definition) is 2. The molecule has 0 amide bonds. The third-order valence-electron chi connectivity index (χ3n) is 3.68. The van der Waals surface area contributed by atoms with Crippen LogP contribution in [0.5, 0.6) is 0 Å². The molecule has 0 aliphatic carbocycles. The minimum absolute atomic E-state index is 0. The summed E-state index contributed by atoms with van der Waals surface area (Å²) in [6.45, 7) is 10.5. The zero-order valence-corrected chi connectivity index (χ0v) is 17.6. The summed E-state index contributed by atoms with van der Waals surface area (Å²) in [5.74, 6) is 1.58. The minimum atomic E-state index is 0. The summed E-state index contributed by atoms with van der Waals surface area (Å²) in [7, 11) is 3.96. The monoisotopic (exact) mass is 432 g/mol. The summed E-state index contributed by atoms with van der Waals surface area (Å²) in [5.41, 5.74) is 2.64. The summed E-state index contributed by atoms with van der Waals surface area (Å²) in [5, 5.41) is 6.74. The molecule has 1 rings (SSSR count). The van der Waals surface area contributed by atoms with Crippen LogP contribution >= 0.6 is 24.0 Å². The lowest BCUT2D eigenvalue weighted by atomic mass is 10.1. The van der Waals surface area contributed by atoms with Crippen molar-refractivity contribution >= 4 is 29.9 Å². The highest BCUT2D eigenvalue weighted by Gasteiger charge is 2.02. The average Bonchev–Trinajstić information content (AvgIpc) is 2.50. The molecule has 0 aliphatic heterocycles. The van der Waals surface area contributed by atoms with Crippen molar-refractivity contribution < 1.29 is 0 Å². The van der Waals surface area contributed by atoms with Crippen LogP contribution in [0, 0.1) is 5.92 Å². The van der Waals surface area contributed by atoms with E-state index >= 15 is 0 Å². The van der Waals surface area contributed by atoms with E-state index in [0.717, 1.165) is 38.6 Å². The van der Waals surface area contributed by atoms with E-state index in [-0.39, 0.29) is 24.0 Å². The van der Waals surface area contributed by atoms with E-state index in [1.54, 1.807) is 0 Å². The van der Waals surface area contributed by atoms with Gasteiger partial charge in [-0.1, -0.05) is 45.0 Å². The minimum Gasteiger partial charge on any atom is -0.356 e. The number of halogens is 1. The first-order chi connectivity index (χ1) is 10.5. The number of nitrogens with one attached hydrogen (secondary N) is 2. The molecule has 0 radical (unpaired) electrons. The van der Waals surface area contributed by atoms with Crippen molar-refractivity contribution in [3.05, 3.63) is 35.4 Å². The van der Waals surface area contributed by atoms with Crippen LogP contribution in [0.1, 0.15) is 38.3 Å². The summed E-state index contributed by atoms with van der Waals surface area (Å²) < 4.78 is 0. The molecule has 1 aromatic rings. The Morgan fingerprint density at radius 2 is 1.91 bits per heavy atom. The van der Waals surface area contributed by atoms with Crippen LogP contribution in [0.3, 0.4) is 0 Å². The van der Waals surface area contributed by atoms with E-state index < -0.39 is 0 Å². The highest BCUT2D eigenvalue weighted by atomic mass is 127. The topological polar surface area (TPSA) is 39.7 Å². The Labute approximate surface area is 159 Å². The van der Waals surface area contributed by atoms with Crippen molar-refractivity contribution in [2.24, 2.45) is 10.9 Å². The van der Waals surface area contributed by atoms with Gasteiger partial charge in [0.25, 0.3) is 0 Å². The molecule has 0 aliphatic rings. The van der Waals surface area contributed by atoms with Gasteiger partial charge in [0.2, 0.25) is 0 Å². The lowest BCUT2D eigenvalue weighted by molar-refractivity contribution is 0.345. The molecular formula is C18H33IN4. The number of benzene rings is 1. The fourth-order valence-corrected chi connectivity index (χ4v) is 2.15. The lowest BCUT2D eigenvalue weighted by Gasteiger charge is -2.15. The van der Waals surface area contributed by atoms with E-state index in [0.29, 0.717) is 5.92 Å². The van der Waals surface area contributed by atoms with Gasteiger partial charge in [0.05, 0.1) is 0 Å². The first-order valence-electron chi connectivity index (χ1n) is 8.26. The molecule has 0 heterocycles. The Bertz CT molecular complexity index is 460. The van der Waals surface area contributed by atoms with Crippen LogP contribution in [0.2, 0.25) is 0 Å². The molecule has 0 unspecified atom stereocenters. The zero-order valence-electron chi connectivity index (χ0n) is 15.2. The Morgan fingerprint density at radius 1 is 1.22 bits per heavy atom. The Balaban J connectivity index is 0.00000484. The Hall–Kier alpha value is -0.820. The van der Waals surface area contributed by atoms with E-state index in [1.165, 1.54) is 11.1 Å². The number of nitrogens with zero attached hydrogens (tertiary/aromatic N) is 2. The van der Waals surface area contributed by atoms with Crippen LogP contribution < -0.4 is 10.6 Å². The van der Waals surface area contributed by atoms with Crippen LogP contribution in [0.25, 0.3) is 0 Å². The van der Waals surface area contributed by atoms with Gasteiger partial charge in [-0.3, -0.25) is 4.99 Å². The quantitative estimate of drug-likeness (QED) is 0.376. The molecule has 23 heavy (non-hydrogen) atoms. The van der Waals surface area contributed by atoms with Gasteiger partial charge in [0.1, 0.15) is 0 Å². The van der Waals surface area contributed by atoms with Gasteiger partial charge < -0.3 is 15.5 Å². The summed E-state index contributed by atoms with van der Waals surface area (Å²) in [6.07, 6.45) is 1.15. The molecule has 5 heteroatoms. The van der Waals surface area contributed by atoms with Gasteiger partial charge in [-0.25, -0.2) is 0 Å². The first-order valence-corrected chi connectivity index (χ1v) is 8.26. The van der Waals surface area contributed by atoms with Gasteiger partial charge in [0.15, 0.2) is 5.96 Å². The molecule has 0 aromatic heterocycles. The van der Waals surface area contributed by atoms with Gasteiger partial charge >= 0.3 is 0 Å². The average molecular weight is 432 g/mol. The van der Waals surface area contributed by atoms with Crippen molar-refractivity contribution in [1.29, 1.82) is 0 Å². The fourth-order valence-electron chi connectivity index (χ4n) is 2.15. The SMILES string of the molecule is CCN(C)Cc1cccc(CNC(=NC)NCCC(C)C)c1.I. The van der Waals surface area contributed by atoms with Crippen molar-refractivity contribution in [1.82, 2.24) is 15.5 Å².